The number of rotatable bonds is 7. The molecule has 0 aromatic heterocycles. The first-order valence-electron chi connectivity index (χ1n) is 4.94. The van der Waals surface area contributed by atoms with Gasteiger partial charge in [-0.1, -0.05) is 13.0 Å². The lowest BCUT2D eigenvalue weighted by Crippen LogP contribution is -2.26. The highest BCUT2D eigenvalue weighted by atomic mass is 16.5. The van der Waals surface area contributed by atoms with Gasteiger partial charge < -0.3 is 9.84 Å². The first-order chi connectivity index (χ1) is 6.56. The highest BCUT2D eigenvalue weighted by Gasteiger charge is 2.26. The van der Waals surface area contributed by atoms with Gasteiger partial charge in [-0.3, -0.25) is 4.79 Å². The summed E-state index contributed by atoms with van der Waals surface area (Å²) in [6, 6.07) is 0. The van der Waals surface area contributed by atoms with Crippen LogP contribution in [0.15, 0.2) is 12.7 Å². The zero-order valence-corrected chi connectivity index (χ0v) is 9.19. The molecule has 3 nitrogen and oxygen atoms in total. The van der Waals surface area contributed by atoms with Gasteiger partial charge in [0.15, 0.2) is 0 Å². The average Bonchev–Trinajstić information content (AvgIpc) is 2.17. The van der Waals surface area contributed by atoms with Crippen molar-refractivity contribution < 1.29 is 14.6 Å². The molecule has 0 aliphatic carbocycles. The van der Waals surface area contributed by atoms with E-state index in [0.29, 0.717) is 6.42 Å². The predicted molar refractivity (Wildman–Crippen MR) is 56.2 cm³/mol. The number of carbonyl (C=O) groups is 1. The van der Waals surface area contributed by atoms with Crippen LogP contribution in [0.4, 0.5) is 0 Å². The van der Waals surface area contributed by atoms with Crippen molar-refractivity contribution in [2.24, 2.45) is 11.8 Å². The Kier molecular flexibility index (Phi) is 6.21. The molecule has 0 aliphatic heterocycles. The van der Waals surface area contributed by atoms with Gasteiger partial charge in [-0.2, -0.15) is 0 Å². The second-order valence-electron chi connectivity index (χ2n) is 3.53. The van der Waals surface area contributed by atoms with Crippen LogP contribution in [0.2, 0.25) is 0 Å². The summed E-state index contributed by atoms with van der Waals surface area (Å²) in [6.45, 7) is 7.52. The number of ether oxygens (including phenoxy) is 1. The zero-order chi connectivity index (χ0) is 11.1. The molecular weight excluding hydrogens is 180 g/mol. The quantitative estimate of drug-likeness (QED) is 0.641. The Hall–Kier alpha value is -0.830. The summed E-state index contributed by atoms with van der Waals surface area (Å²) in [7, 11) is 1.60. The highest BCUT2D eigenvalue weighted by Crippen LogP contribution is 2.23. The minimum atomic E-state index is -0.763. The molecule has 0 fully saturated rings. The van der Waals surface area contributed by atoms with Gasteiger partial charge >= 0.3 is 5.97 Å². The number of methoxy groups -OCH3 is 1. The summed E-state index contributed by atoms with van der Waals surface area (Å²) in [6.07, 6.45) is 3.04. The second kappa shape index (κ2) is 6.60. The molecule has 3 unspecified atom stereocenters. The van der Waals surface area contributed by atoms with Crippen molar-refractivity contribution in [2.45, 2.75) is 32.8 Å². The normalized spacial score (nSPS) is 17.1. The van der Waals surface area contributed by atoms with E-state index in [1.807, 2.05) is 13.8 Å². The van der Waals surface area contributed by atoms with E-state index < -0.39 is 5.97 Å². The van der Waals surface area contributed by atoms with Crippen molar-refractivity contribution in [2.75, 3.05) is 7.11 Å². The number of hydrogen-bond acceptors (Lipinski definition) is 2. The first-order valence-corrected chi connectivity index (χ1v) is 4.94. The van der Waals surface area contributed by atoms with E-state index in [4.69, 9.17) is 9.84 Å². The lowest BCUT2D eigenvalue weighted by atomic mass is 9.86. The van der Waals surface area contributed by atoms with E-state index in [9.17, 15) is 4.79 Å². The number of allylic oxidation sites excluding steroid dienone is 1. The Bertz CT molecular complexity index is 189. The Labute approximate surface area is 85.8 Å². The van der Waals surface area contributed by atoms with E-state index in [1.165, 1.54) is 0 Å². The van der Waals surface area contributed by atoms with Crippen LogP contribution in [-0.2, 0) is 9.53 Å². The first kappa shape index (κ1) is 13.2. The summed E-state index contributed by atoms with van der Waals surface area (Å²) >= 11 is 0. The van der Waals surface area contributed by atoms with Gasteiger partial charge in [0.1, 0.15) is 0 Å². The molecule has 0 aliphatic rings. The third kappa shape index (κ3) is 3.92. The van der Waals surface area contributed by atoms with Gasteiger partial charge in [0.05, 0.1) is 12.0 Å². The van der Waals surface area contributed by atoms with E-state index in [0.717, 1.165) is 6.42 Å². The van der Waals surface area contributed by atoms with Crippen molar-refractivity contribution >= 4 is 5.97 Å². The fraction of sp³-hybridized carbons (Fsp3) is 0.727. The summed E-state index contributed by atoms with van der Waals surface area (Å²) < 4.78 is 5.07. The number of carboxylic acids is 1. The van der Waals surface area contributed by atoms with Crippen LogP contribution in [0.3, 0.4) is 0 Å². The Morgan fingerprint density at radius 1 is 1.64 bits per heavy atom. The average molecular weight is 200 g/mol. The van der Waals surface area contributed by atoms with Gasteiger partial charge in [0.2, 0.25) is 0 Å². The molecule has 0 saturated carbocycles. The Morgan fingerprint density at radius 3 is 2.50 bits per heavy atom. The largest absolute Gasteiger partial charge is 0.481 e. The van der Waals surface area contributed by atoms with E-state index in [1.54, 1.807) is 13.2 Å². The van der Waals surface area contributed by atoms with Crippen LogP contribution < -0.4 is 0 Å². The van der Waals surface area contributed by atoms with Gasteiger partial charge in [0, 0.05) is 7.11 Å². The number of hydrogen-bond donors (Lipinski definition) is 1. The van der Waals surface area contributed by atoms with E-state index in [-0.39, 0.29) is 17.9 Å². The van der Waals surface area contributed by atoms with Crippen LogP contribution in [0.25, 0.3) is 0 Å². The molecule has 3 heteroatoms. The van der Waals surface area contributed by atoms with Gasteiger partial charge in [-0.05, 0) is 25.7 Å². The Balaban J connectivity index is 4.41. The molecule has 0 aromatic rings. The van der Waals surface area contributed by atoms with E-state index >= 15 is 0 Å². The predicted octanol–water partition coefficient (Wildman–Crippen LogP) is 2.32. The van der Waals surface area contributed by atoms with Crippen LogP contribution in [0.1, 0.15) is 26.7 Å². The SMILES string of the molecule is C=CC(CC)C(CC(C)OC)C(=O)O. The molecule has 0 spiro atoms. The van der Waals surface area contributed by atoms with Gasteiger partial charge in [-0.15, -0.1) is 6.58 Å². The summed E-state index contributed by atoms with van der Waals surface area (Å²) in [5, 5.41) is 9.05. The minimum absolute atomic E-state index is 0.0231. The molecular formula is C11H20O3. The molecule has 1 N–H and O–H groups in total. The fourth-order valence-corrected chi connectivity index (χ4v) is 1.53. The molecule has 0 heterocycles. The molecule has 0 amide bonds. The smallest absolute Gasteiger partial charge is 0.307 e. The maximum absolute atomic E-state index is 11.0. The maximum atomic E-state index is 11.0. The molecule has 82 valence electrons. The molecule has 3 atom stereocenters. The van der Waals surface area contributed by atoms with Crippen molar-refractivity contribution in [1.29, 1.82) is 0 Å². The summed E-state index contributed by atoms with van der Waals surface area (Å²) in [5.74, 6) is -1.11. The lowest BCUT2D eigenvalue weighted by molar-refractivity contribution is -0.144. The highest BCUT2D eigenvalue weighted by molar-refractivity contribution is 5.70. The topological polar surface area (TPSA) is 46.5 Å². The molecule has 0 bridgehead atoms. The lowest BCUT2D eigenvalue weighted by Gasteiger charge is -2.22. The molecule has 14 heavy (non-hydrogen) atoms. The van der Waals surface area contributed by atoms with Crippen LogP contribution >= 0.6 is 0 Å². The fourth-order valence-electron chi connectivity index (χ4n) is 1.53. The van der Waals surface area contributed by atoms with Crippen molar-refractivity contribution in [3.05, 3.63) is 12.7 Å². The third-order valence-corrected chi connectivity index (χ3v) is 2.60. The molecule has 0 saturated heterocycles. The second-order valence-corrected chi connectivity index (χ2v) is 3.53. The Morgan fingerprint density at radius 2 is 2.21 bits per heavy atom. The molecule has 0 rings (SSSR count). The number of aliphatic carboxylic acids is 1. The van der Waals surface area contributed by atoms with Crippen LogP contribution in [-0.4, -0.2) is 24.3 Å². The number of carboxylic acid groups (broad SMARTS) is 1. The van der Waals surface area contributed by atoms with Gasteiger partial charge in [0.25, 0.3) is 0 Å². The molecule has 0 aromatic carbocycles. The van der Waals surface area contributed by atoms with Crippen molar-refractivity contribution in [1.82, 2.24) is 0 Å². The van der Waals surface area contributed by atoms with E-state index in [2.05, 4.69) is 6.58 Å². The standard InChI is InChI=1S/C11H20O3/c1-5-9(6-2)10(11(12)13)7-8(3)14-4/h5,8-10H,1,6-7H2,2-4H3,(H,12,13). The summed E-state index contributed by atoms with van der Waals surface area (Å²) in [4.78, 5) is 11.0. The van der Waals surface area contributed by atoms with Gasteiger partial charge in [-0.25, -0.2) is 0 Å². The minimum Gasteiger partial charge on any atom is -0.481 e. The third-order valence-electron chi connectivity index (χ3n) is 2.60. The van der Waals surface area contributed by atoms with Crippen LogP contribution in [0.5, 0.6) is 0 Å². The summed E-state index contributed by atoms with van der Waals surface area (Å²) in [5.41, 5.74) is 0. The zero-order valence-electron chi connectivity index (χ0n) is 9.19. The van der Waals surface area contributed by atoms with Crippen molar-refractivity contribution in [3.63, 3.8) is 0 Å². The maximum Gasteiger partial charge on any atom is 0.307 e. The monoisotopic (exact) mass is 200 g/mol. The van der Waals surface area contributed by atoms with Crippen molar-refractivity contribution in [3.8, 4) is 0 Å². The molecule has 0 radical (unpaired) electrons. The van der Waals surface area contributed by atoms with Crippen LogP contribution in [0, 0.1) is 11.8 Å².